The van der Waals surface area contributed by atoms with Gasteiger partial charge in [0.1, 0.15) is 0 Å². The third-order valence-corrected chi connectivity index (χ3v) is 3.48. The largest absolute Gasteiger partial charge is 0.325 e. The van der Waals surface area contributed by atoms with E-state index in [0.717, 1.165) is 16.7 Å². The molecule has 0 aliphatic heterocycles. The predicted molar refractivity (Wildman–Crippen MR) is 84.0 cm³/mol. The molecule has 0 saturated heterocycles. The van der Waals surface area contributed by atoms with Crippen LogP contribution in [0.1, 0.15) is 11.1 Å². The van der Waals surface area contributed by atoms with Crippen molar-refractivity contribution in [2.75, 3.05) is 5.32 Å². The number of anilines is 2. The number of aryl methyl sites for hydroxylation is 1. The van der Waals surface area contributed by atoms with Crippen molar-refractivity contribution < 1.29 is 0 Å². The van der Waals surface area contributed by atoms with E-state index in [9.17, 15) is 0 Å². The van der Waals surface area contributed by atoms with E-state index >= 15 is 0 Å². The molecule has 0 spiro atoms. The van der Waals surface area contributed by atoms with Crippen LogP contribution in [0.15, 0.2) is 42.5 Å². The quantitative estimate of drug-likeness (QED) is 0.593. The number of aromatic amines is 1. The second-order valence-electron chi connectivity index (χ2n) is 5.13. The number of benzene rings is 2. The minimum absolute atomic E-state index is 0.583. The molecule has 0 unspecified atom stereocenters. The summed E-state index contributed by atoms with van der Waals surface area (Å²) in [5, 5.41) is 15.3. The van der Waals surface area contributed by atoms with Crippen LogP contribution in [0.2, 0.25) is 0 Å². The molecular formula is C16H12N6. The third kappa shape index (κ3) is 1.96. The molecule has 0 aliphatic carbocycles. The summed E-state index contributed by atoms with van der Waals surface area (Å²) in [6, 6.07) is 15.4. The number of imidazole rings is 1. The summed E-state index contributed by atoms with van der Waals surface area (Å²) in [4.78, 5) is 8.93. The van der Waals surface area contributed by atoms with Gasteiger partial charge in [0.25, 0.3) is 5.78 Å². The van der Waals surface area contributed by atoms with Crippen molar-refractivity contribution in [3.63, 3.8) is 0 Å². The molecule has 2 heterocycles. The van der Waals surface area contributed by atoms with Crippen molar-refractivity contribution in [3.05, 3.63) is 53.6 Å². The van der Waals surface area contributed by atoms with Crippen LogP contribution in [0.3, 0.4) is 0 Å². The first-order valence-corrected chi connectivity index (χ1v) is 6.85. The van der Waals surface area contributed by atoms with E-state index in [1.807, 2.05) is 41.8 Å². The molecule has 4 aromatic rings. The maximum absolute atomic E-state index is 8.93. The van der Waals surface area contributed by atoms with Gasteiger partial charge in [-0.2, -0.15) is 10.2 Å². The maximum Gasteiger partial charge on any atom is 0.253 e. The van der Waals surface area contributed by atoms with Crippen molar-refractivity contribution in [2.45, 2.75) is 6.92 Å². The van der Waals surface area contributed by atoms with E-state index in [0.29, 0.717) is 17.3 Å². The Labute approximate surface area is 126 Å². The van der Waals surface area contributed by atoms with Gasteiger partial charge in [-0.1, -0.05) is 12.1 Å². The summed E-state index contributed by atoms with van der Waals surface area (Å²) < 4.78 is 1.84. The predicted octanol–water partition coefficient (Wildman–Crippen LogP) is 3.13. The Hall–Kier alpha value is -3.33. The highest BCUT2D eigenvalue weighted by molar-refractivity contribution is 5.80. The fraction of sp³-hybridized carbons (Fsp3) is 0.0625. The second-order valence-corrected chi connectivity index (χ2v) is 5.13. The highest BCUT2D eigenvalue weighted by Crippen LogP contribution is 2.20. The molecule has 0 atom stereocenters. The average molecular weight is 288 g/mol. The van der Waals surface area contributed by atoms with Gasteiger partial charge in [-0.15, -0.1) is 0 Å². The first-order chi connectivity index (χ1) is 10.7. The molecule has 0 radical (unpaired) electrons. The standard InChI is InChI=1S/C16H12N6/c1-10-5-6-14-13(7-10)19-16-20-15(21-22(14)16)18-12-4-2-3-11(8-12)9-17/h2-8H,1H3,(H2,18,19,20,21). The Kier molecular flexibility index (Phi) is 2.60. The summed E-state index contributed by atoms with van der Waals surface area (Å²) in [6.45, 7) is 2.04. The van der Waals surface area contributed by atoms with Crippen LogP contribution < -0.4 is 5.32 Å². The van der Waals surface area contributed by atoms with Gasteiger partial charge in [-0.25, -0.2) is 9.50 Å². The molecule has 22 heavy (non-hydrogen) atoms. The number of aromatic nitrogens is 4. The summed E-state index contributed by atoms with van der Waals surface area (Å²) in [7, 11) is 0. The number of hydrogen-bond acceptors (Lipinski definition) is 4. The van der Waals surface area contributed by atoms with Gasteiger partial charge < -0.3 is 5.32 Å². The van der Waals surface area contributed by atoms with Crippen LogP contribution in [0.4, 0.5) is 11.6 Å². The SMILES string of the molecule is Cc1ccc2c(c1)nc1nc(Nc3cccc(C#N)c3)[nH]n12. The van der Waals surface area contributed by atoms with Crippen molar-refractivity contribution in [1.29, 1.82) is 5.26 Å². The van der Waals surface area contributed by atoms with E-state index in [2.05, 4.69) is 26.5 Å². The molecule has 2 aromatic carbocycles. The topological polar surface area (TPSA) is 81.8 Å². The van der Waals surface area contributed by atoms with Crippen molar-refractivity contribution in [1.82, 2.24) is 19.6 Å². The number of hydrogen-bond donors (Lipinski definition) is 2. The average Bonchev–Trinajstić information content (AvgIpc) is 3.03. The molecule has 6 heteroatoms. The maximum atomic E-state index is 8.93. The number of nitrogens with one attached hydrogen (secondary N) is 2. The molecule has 106 valence electrons. The number of rotatable bonds is 2. The van der Waals surface area contributed by atoms with E-state index < -0.39 is 0 Å². The smallest absolute Gasteiger partial charge is 0.253 e. The fourth-order valence-corrected chi connectivity index (χ4v) is 2.45. The van der Waals surface area contributed by atoms with Crippen LogP contribution in [-0.2, 0) is 0 Å². The number of nitriles is 1. The van der Waals surface area contributed by atoms with E-state index in [-0.39, 0.29) is 0 Å². The Morgan fingerprint density at radius 1 is 1.18 bits per heavy atom. The van der Waals surface area contributed by atoms with Gasteiger partial charge in [-0.3, -0.25) is 5.10 Å². The molecule has 0 bridgehead atoms. The molecule has 0 amide bonds. The molecule has 0 aliphatic rings. The lowest BCUT2D eigenvalue weighted by atomic mass is 10.2. The lowest BCUT2D eigenvalue weighted by Crippen LogP contribution is -1.94. The van der Waals surface area contributed by atoms with E-state index in [1.165, 1.54) is 5.56 Å². The summed E-state index contributed by atoms with van der Waals surface area (Å²) in [6.07, 6.45) is 0. The zero-order chi connectivity index (χ0) is 15.1. The fourth-order valence-electron chi connectivity index (χ4n) is 2.45. The monoisotopic (exact) mass is 288 g/mol. The number of nitrogens with zero attached hydrogens (tertiary/aromatic N) is 4. The van der Waals surface area contributed by atoms with Gasteiger partial charge in [0, 0.05) is 5.69 Å². The van der Waals surface area contributed by atoms with Crippen LogP contribution >= 0.6 is 0 Å². The zero-order valence-electron chi connectivity index (χ0n) is 11.8. The number of H-pyrrole nitrogens is 1. The minimum Gasteiger partial charge on any atom is -0.325 e. The minimum atomic E-state index is 0.583. The molecule has 0 fully saturated rings. The van der Waals surface area contributed by atoms with E-state index in [4.69, 9.17) is 5.26 Å². The Bertz CT molecular complexity index is 1030. The van der Waals surface area contributed by atoms with Gasteiger partial charge in [0.15, 0.2) is 0 Å². The van der Waals surface area contributed by atoms with Crippen LogP contribution in [0.25, 0.3) is 16.8 Å². The van der Waals surface area contributed by atoms with Gasteiger partial charge in [-0.05, 0) is 42.8 Å². The van der Waals surface area contributed by atoms with Crippen LogP contribution in [0.5, 0.6) is 0 Å². The summed E-state index contributed by atoms with van der Waals surface area (Å²) >= 11 is 0. The van der Waals surface area contributed by atoms with Crippen molar-refractivity contribution in [2.24, 2.45) is 0 Å². The Morgan fingerprint density at radius 3 is 2.95 bits per heavy atom. The first kappa shape index (κ1) is 12.4. The lowest BCUT2D eigenvalue weighted by molar-refractivity contribution is 1.01. The van der Waals surface area contributed by atoms with Crippen molar-refractivity contribution in [3.8, 4) is 6.07 Å². The van der Waals surface area contributed by atoms with Gasteiger partial charge in [0.2, 0.25) is 5.95 Å². The molecule has 2 aromatic heterocycles. The highest BCUT2D eigenvalue weighted by atomic mass is 15.4. The lowest BCUT2D eigenvalue weighted by Gasteiger charge is -2.02. The van der Waals surface area contributed by atoms with E-state index in [1.54, 1.807) is 12.1 Å². The summed E-state index contributed by atoms with van der Waals surface area (Å²) in [5.74, 6) is 1.19. The second kappa shape index (κ2) is 4.60. The molecule has 0 saturated carbocycles. The van der Waals surface area contributed by atoms with Gasteiger partial charge in [0.05, 0.1) is 22.7 Å². The zero-order valence-corrected chi connectivity index (χ0v) is 11.8. The van der Waals surface area contributed by atoms with Crippen LogP contribution in [0, 0.1) is 18.3 Å². The Morgan fingerprint density at radius 2 is 2.09 bits per heavy atom. The Balaban J connectivity index is 1.75. The van der Waals surface area contributed by atoms with Gasteiger partial charge >= 0.3 is 0 Å². The van der Waals surface area contributed by atoms with Crippen molar-refractivity contribution >= 4 is 28.4 Å². The normalized spacial score (nSPS) is 10.9. The highest BCUT2D eigenvalue weighted by Gasteiger charge is 2.09. The number of fused-ring (bicyclic) bond motifs is 3. The molecule has 2 N–H and O–H groups in total. The third-order valence-electron chi connectivity index (χ3n) is 3.48. The van der Waals surface area contributed by atoms with Crippen LogP contribution in [-0.4, -0.2) is 19.6 Å². The molecule has 4 rings (SSSR count). The summed E-state index contributed by atoms with van der Waals surface area (Å²) in [5.41, 5.74) is 4.46. The first-order valence-electron chi connectivity index (χ1n) is 6.85. The molecular weight excluding hydrogens is 276 g/mol. The molecule has 6 nitrogen and oxygen atoms in total.